The van der Waals surface area contributed by atoms with E-state index in [1.54, 1.807) is 0 Å². The summed E-state index contributed by atoms with van der Waals surface area (Å²) in [6.45, 7) is 4.45. The lowest BCUT2D eigenvalue weighted by molar-refractivity contribution is -0.870. The molecule has 0 spiro atoms. The van der Waals surface area contributed by atoms with E-state index in [4.69, 9.17) is 18.9 Å². The van der Waals surface area contributed by atoms with Crippen LogP contribution in [0.2, 0.25) is 0 Å². The van der Waals surface area contributed by atoms with E-state index < -0.39 is 24.3 Å². The van der Waals surface area contributed by atoms with Crippen molar-refractivity contribution in [1.29, 1.82) is 0 Å². The first kappa shape index (κ1) is 73.9. The van der Waals surface area contributed by atoms with E-state index in [9.17, 15) is 19.5 Å². The smallest absolute Gasteiger partial charge is 0.306 e. The van der Waals surface area contributed by atoms with E-state index in [2.05, 4.69) is 172 Å². The van der Waals surface area contributed by atoms with Crippen LogP contribution in [-0.4, -0.2) is 82.3 Å². The molecule has 0 aromatic heterocycles. The lowest BCUT2D eigenvalue weighted by Crippen LogP contribution is -2.44. The molecule has 0 aliphatic carbocycles. The summed E-state index contributed by atoms with van der Waals surface area (Å²) in [5, 5.41) is 11.8. The van der Waals surface area contributed by atoms with E-state index in [1.165, 1.54) is 38.5 Å². The summed E-state index contributed by atoms with van der Waals surface area (Å²) < 4.78 is 22.7. The SMILES string of the molecule is CC/C=C\C/C=C\C/C=C\C/C=C\C/C=C\C/C=C\C/C=C\CCCCCC(=O)OC(COC(=O)CCCCCCCCCCCC/C=C\C/C=C\C/C=C\C/C=C\C/C=C\C/C=C\CC)COC(OCC[N+](C)(C)C)C(=O)[O-]. The Morgan fingerprint density at radius 1 is 0.380 bits per heavy atom. The number of rotatable bonds is 54. The van der Waals surface area contributed by atoms with Gasteiger partial charge in [-0.25, -0.2) is 0 Å². The predicted molar refractivity (Wildman–Crippen MR) is 333 cm³/mol. The van der Waals surface area contributed by atoms with Crippen LogP contribution in [0.1, 0.15) is 206 Å². The highest BCUT2D eigenvalue weighted by molar-refractivity contribution is 5.70. The number of carboxylic acids is 1. The summed E-state index contributed by atoms with van der Waals surface area (Å²) in [7, 11) is 5.90. The summed E-state index contributed by atoms with van der Waals surface area (Å²) >= 11 is 0. The maximum atomic E-state index is 12.9. The molecule has 0 saturated carbocycles. The second kappa shape index (κ2) is 59.0. The minimum Gasteiger partial charge on any atom is -0.545 e. The third-order valence-electron chi connectivity index (χ3n) is 12.3. The summed E-state index contributed by atoms with van der Waals surface area (Å²) in [5.41, 5.74) is 0. The Morgan fingerprint density at radius 2 is 0.684 bits per heavy atom. The lowest BCUT2D eigenvalue weighted by atomic mass is 10.1. The van der Waals surface area contributed by atoms with Crippen molar-refractivity contribution >= 4 is 17.9 Å². The molecule has 0 heterocycles. The summed E-state index contributed by atoms with van der Waals surface area (Å²) in [5.74, 6) is -2.35. The first-order valence-electron chi connectivity index (χ1n) is 30.6. The second-order valence-corrected chi connectivity index (χ2v) is 20.9. The molecule has 0 amide bonds. The summed E-state index contributed by atoms with van der Waals surface area (Å²) in [6, 6.07) is 0. The van der Waals surface area contributed by atoms with E-state index in [1.807, 2.05) is 21.1 Å². The Labute approximate surface area is 483 Å². The van der Waals surface area contributed by atoms with Crippen molar-refractivity contribution in [3.05, 3.63) is 158 Å². The van der Waals surface area contributed by atoms with Gasteiger partial charge in [0, 0.05) is 12.8 Å². The number of aliphatic carboxylic acids is 1. The van der Waals surface area contributed by atoms with Gasteiger partial charge in [-0.15, -0.1) is 0 Å². The van der Waals surface area contributed by atoms with Crippen LogP contribution in [0.15, 0.2) is 158 Å². The highest BCUT2D eigenvalue weighted by Gasteiger charge is 2.22. The maximum absolute atomic E-state index is 12.9. The first-order chi connectivity index (χ1) is 38.6. The molecule has 9 nitrogen and oxygen atoms in total. The van der Waals surface area contributed by atoms with E-state index in [0.29, 0.717) is 17.4 Å². The molecule has 0 rings (SSSR count). The number of carboxylic acid groups (broad SMARTS) is 1. The van der Waals surface area contributed by atoms with Crippen molar-refractivity contribution < 1.29 is 42.9 Å². The topological polar surface area (TPSA) is 111 Å². The molecule has 0 aliphatic rings. The molecule has 0 saturated heterocycles. The first-order valence-corrected chi connectivity index (χ1v) is 30.6. The zero-order chi connectivity index (χ0) is 57.6. The second-order valence-electron chi connectivity index (χ2n) is 20.9. The van der Waals surface area contributed by atoms with Gasteiger partial charge >= 0.3 is 11.9 Å². The van der Waals surface area contributed by atoms with Gasteiger partial charge in [-0.1, -0.05) is 230 Å². The average molecular weight is 1090 g/mol. The molecule has 444 valence electrons. The Kier molecular flexibility index (Phi) is 55.2. The zero-order valence-electron chi connectivity index (χ0n) is 50.4. The average Bonchev–Trinajstić information content (AvgIpc) is 3.42. The van der Waals surface area contributed by atoms with Crippen molar-refractivity contribution in [2.45, 2.75) is 219 Å². The third kappa shape index (κ3) is 60.4. The molecular formula is C70H111NO8. The number of likely N-dealkylation sites (N-methyl/N-ethyl adjacent to an activating group) is 1. The Balaban J connectivity index is 4.33. The van der Waals surface area contributed by atoms with Crippen LogP contribution in [0.25, 0.3) is 0 Å². The Hall–Kier alpha value is -5.09. The van der Waals surface area contributed by atoms with Crippen molar-refractivity contribution in [2.24, 2.45) is 0 Å². The van der Waals surface area contributed by atoms with Gasteiger partial charge < -0.3 is 33.3 Å². The highest BCUT2D eigenvalue weighted by Crippen LogP contribution is 2.14. The Morgan fingerprint density at radius 3 is 1.03 bits per heavy atom. The quantitative estimate of drug-likeness (QED) is 0.0195. The maximum Gasteiger partial charge on any atom is 0.306 e. The normalized spacial score (nSPS) is 13.9. The molecule has 0 fully saturated rings. The fourth-order valence-corrected chi connectivity index (χ4v) is 7.64. The fraction of sp³-hybridized carbons (Fsp3) is 0.586. The van der Waals surface area contributed by atoms with Gasteiger partial charge in [0.25, 0.3) is 0 Å². The minimum absolute atomic E-state index is 0.131. The standard InChI is InChI=1S/C70H111NO8/c1-6-8-10-12-14-16-18-20-22-24-26-28-30-32-33-34-35-37-38-40-42-44-46-48-50-52-54-56-58-60-67(72)77-64-66(65-78-70(69(74)75)76-63-62-71(3,4)5)79-68(73)61-59-57-55-53-51-49-47-45-43-41-39-36-31-29-27-25-23-21-19-17-15-13-11-9-7-2/h8-11,14-17,20-23,26-29,32-33,35-37,39,43,45,49,51,66,70H,6-7,12-13,18-19,24-25,30-31,34,38,40-42,44,46-48,50,52-65H2,1-5H3/b10-8-,11-9-,16-14-,17-15-,22-20-,23-21-,28-26-,29-27-,33-32-,37-35-,39-36-,45-43-,51-49-. The number of carbonyl (C=O) groups excluding carboxylic acids is 3. The van der Waals surface area contributed by atoms with Crippen molar-refractivity contribution in [3.8, 4) is 0 Å². The fourth-order valence-electron chi connectivity index (χ4n) is 7.64. The summed E-state index contributed by atoms with van der Waals surface area (Å²) in [4.78, 5) is 37.4. The monoisotopic (exact) mass is 1090 g/mol. The number of esters is 2. The van der Waals surface area contributed by atoms with Crippen molar-refractivity contribution in [2.75, 3.05) is 47.5 Å². The number of hydrogen-bond acceptors (Lipinski definition) is 8. The van der Waals surface area contributed by atoms with Gasteiger partial charge in [0.1, 0.15) is 13.2 Å². The number of allylic oxidation sites excluding steroid dienone is 26. The van der Waals surface area contributed by atoms with Crippen molar-refractivity contribution in [1.82, 2.24) is 0 Å². The molecule has 0 aliphatic heterocycles. The molecule has 0 aromatic rings. The van der Waals surface area contributed by atoms with Crippen molar-refractivity contribution in [3.63, 3.8) is 0 Å². The van der Waals surface area contributed by atoms with Gasteiger partial charge in [0.05, 0.1) is 40.3 Å². The van der Waals surface area contributed by atoms with Gasteiger partial charge in [-0.3, -0.25) is 9.59 Å². The Bertz CT molecular complexity index is 1850. The van der Waals surface area contributed by atoms with Crippen LogP contribution >= 0.6 is 0 Å². The molecule has 9 heteroatoms. The molecule has 0 N–H and O–H groups in total. The predicted octanol–water partition coefficient (Wildman–Crippen LogP) is 17.2. The third-order valence-corrected chi connectivity index (χ3v) is 12.3. The minimum atomic E-state index is -1.64. The van der Waals surface area contributed by atoms with E-state index in [0.717, 1.165) is 135 Å². The van der Waals surface area contributed by atoms with Gasteiger partial charge in [0.2, 0.25) is 0 Å². The molecule has 0 radical (unpaired) electrons. The number of quaternary nitrogens is 1. The molecule has 0 aromatic carbocycles. The molecule has 2 atom stereocenters. The number of carbonyl (C=O) groups is 3. The van der Waals surface area contributed by atoms with Crippen LogP contribution in [0, 0.1) is 0 Å². The van der Waals surface area contributed by atoms with Crippen LogP contribution in [0.3, 0.4) is 0 Å². The van der Waals surface area contributed by atoms with Gasteiger partial charge in [-0.05, 0) is 122 Å². The number of ether oxygens (including phenoxy) is 4. The number of nitrogens with zero attached hydrogens (tertiary/aromatic N) is 1. The van der Waals surface area contributed by atoms with E-state index in [-0.39, 0.29) is 38.6 Å². The van der Waals surface area contributed by atoms with Gasteiger partial charge in [0.15, 0.2) is 12.4 Å². The molecule has 0 bridgehead atoms. The zero-order valence-corrected chi connectivity index (χ0v) is 50.4. The highest BCUT2D eigenvalue weighted by atomic mass is 16.7. The largest absolute Gasteiger partial charge is 0.545 e. The van der Waals surface area contributed by atoms with Gasteiger partial charge in [-0.2, -0.15) is 0 Å². The molecule has 79 heavy (non-hydrogen) atoms. The lowest BCUT2D eigenvalue weighted by Gasteiger charge is -2.26. The number of hydrogen-bond donors (Lipinski definition) is 0. The van der Waals surface area contributed by atoms with Crippen LogP contribution < -0.4 is 5.11 Å². The van der Waals surface area contributed by atoms with E-state index >= 15 is 0 Å². The van der Waals surface area contributed by atoms with Crippen LogP contribution in [-0.2, 0) is 33.3 Å². The van der Waals surface area contributed by atoms with Crippen LogP contribution in [0.5, 0.6) is 0 Å². The summed E-state index contributed by atoms with van der Waals surface area (Å²) in [6.07, 6.45) is 84.3. The van der Waals surface area contributed by atoms with Crippen LogP contribution in [0.4, 0.5) is 0 Å². The number of unbranched alkanes of at least 4 members (excludes halogenated alkanes) is 13. The molecule has 2 unspecified atom stereocenters. The molecular weight excluding hydrogens is 983 g/mol.